The lowest BCUT2D eigenvalue weighted by atomic mass is 10.2. The van der Waals surface area contributed by atoms with Crippen LogP contribution in [0.25, 0.3) is 0 Å². The molecule has 1 rings (SSSR count). The third-order valence-electron chi connectivity index (χ3n) is 2.29. The van der Waals surface area contributed by atoms with Gasteiger partial charge in [-0.25, -0.2) is 0 Å². The minimum Gasteiger partial charge on any atom is -0.466 e. The average molecular weight is 256 g/mol. The van der Waals surface area contributed by atoms with Crippen molar-refractivity contribution in [2.24, 2.45) is 0 Å². The van der Waals surface area contributed by atoms with E-state index >= 15 is 0 Å². The van der Waals surface area contributed by atoms with E-state index in [2.05, 4.69) is 5.32 Å². The van der Waals surface area contributed by atoms with Crippen LogP contribution in [0.1, 0.15) is 25.3 Å². The SMILES string of the molecule is CCC(=O)OCCCNCc1ccc(Cl)cc1. The molecule has 0 atom stereocenters. The predicted octanol–water partition coefficient (Wildman–Crippen LogP) is 2.77. The van der Waals surface area contributed by atoms with Gasteiger partial charge >= 0.3 is 5.97 Å². The zero-order valence-corrected chi connectivity index (χ0v) is 10.8. The molecule has 0 heterocycles. The van der Waals surface area contributed by atoms with Gasteiger partial charge in [0.1, 0.15) is 0 Å². The molecule has 0 aliphatic heterocycles. The molecule has 0 aromatic heterocycles. The van der Waals surface area contributed by atoms with Crippen LogP contribution >= 0.6 is 11.6 Å². The smallest absolute Gasteiger partial charge is 0.305 e. The van der Waals surface area contributed by atoms with E-state index in [1.165, 1.54) is 5.56 Å². The maximum Gasteiger partial charge on any atom is 0.305 e. The third kappa shape index (κ3) is 6.29. The van der Waals surface area contributed by atoms with Crippen molar-refractivity contribution in [2.75, 3.05) is 13.2 Å². The van der Waals surface area contributed by atoms with Crippen molar-refractivity contribution in [1.82, 2.24) is 5.32 Å². The standard InChI is InChI=1S/C13H18ClNO2/c1-2-13(16)17-9-3-8-15-10-11-4-6-12(14)7-5-11/h4-7,15H,2-3,8-10H2,1H3. The highest BCUT2D eigenvalue weighted by Gasteiger charge is 1.97. The van der Waals surface area contributed by atoms with Gasteiger partial charge < -0.3 is 10.1 Å². The lowest BCUT2D eigenvalue weighted by molar-refractivity contribution is -0.143. The number of rotatable bonds is 7. The molecule has 0 fully saturated rings. The molecule has 4 heteroatoms. The maximum absolute atomic E-state index is 10.8. The van der Waals surface area contributed by atoms with Gasteiger partial charge in [-0.1, -0.05) is 30.7 Å². The summed E-state index contributed by atoms with van der Waals surface area (Å²) in [6.45, 7) is 3.92. The molecule has 1 N–H and O–H groups in total. The first-order valence-corrected chi connectivity index (χ1v) is 6.21. The second kappa shape index (κ2) is 8.09. The molecule has 0 aliphatic rings. The molecule has 94 valence electrons. The number of esters is 1. The summed E-state index contributed by atoms with van der Waals surface area (Å²) in [6, 6.07) is 7.74. The molecule has 0 aliphatic carbocycles. The number of carbonyl (C=O) groups excluding carboxylic acids is 1. The summed E-state index contributed by atoms with van der Waals surface area (Å²) in [5.74, 6) is -0.136. The second-order valence-corrected chi connectivity index (χ2v) is 4.17. The van der Waals surface area contributed by atoms with Crippen molar-refractivity contribution in [2.45, 2.75) is 26.3 Å². The Hall–Kier alpha value is -1.06. The number of nitrogens with one attached hydrogen (secondary N) is 1. The molecule has 3 nitrogen and oxygen atoms in total. The Morgan fingerprint density at radius 3 is 2.71 bits per heavy atom. The number of hydrogen-bond acceptors (Lipinski definition) is 3. The summed E-state index contributed by atoms with van der Waals surface area (Å²) in [5.41, 5.74) is 1.19. The van der Waals surface area contributed by atoms with Gasteiger partial charge in [0, 0.05) is 18.0 Å². The molecule has 0 saturated heterocycles. The van der Waals surface area contributed by atoms with E-state index in [-0.39, 0.29) is 5.97 Å². The summed E-state index contributed by atoms with van der Waals surface area (Å²) in [7, 11) is 0. The lowest BCUT2D eigenvalue weighted by Gasteiger charge is -2.05. The Morgan fingerprint density at radius 1 is 1.35 bits per heavy atom. The van der Waals surface area contributed by atoms with Crippen molar-refractivity contribution in [3.63, 3.8) is 0 Å². The molecular formula is C13H18ClNO2. The monoisotopic (exact) mass is 255 g/mol. The Bertz CT molecular complexity index is 338. The quantitative estimate of drug-likeness (QED) is 0.601. The highest BCUT2D eigenvalue weighted by atomic mass is 35.5. The van der Waals surface area contributed by atoms with Gasteiger partial charge in [-0.05, 0) is 30.7 Å². The zero-order chi connectivity index (χ0) is 12.5. The van der Waals surface area contributed by atoms with Crippen LogP contribution < -0.4 is 5.32 Å². The van der Waals surface area contributed by atoms with Crippen LogP contribution in [0.2, 0.25) is 5.02 Å². The maximum atomic E-state index is 10.8. The van der Waals surface area contributed by atoms with Crippen LogP contribution in [0, 0.1) is 0 Å². The molecule has 0 unspecified atom stereocenters. The molecule has 1 aromatic carbocycles. The van der Waals surface area contributed by atoms with E-state index in [0.717, 1.165) is 24.5 Å². The van der Waals surface area contributed by atoms with E-state index in [4.69, 9.17) is 16.3 Å². The molecule has 0 amide bonds. The molecule has 1 aromatic rings. The zero-order valence-electron chi connectivity index (χ0n) is 10.0. The molecule has 0 bridgehead atoms. The number of hydrogen-bond donors (Lipinski definition) is 1. The van der Waals surface area contributed by atoms with E-state index < -0.39 is 0 Å². The fourth-order valence-electron chi connectivity index (χ4n) is 1.32. The minimum atomic E-state index is -0.136. The van der Waals surface area contributed by atoms with E-state index in [0.29, 0.717) is 13.0 Å². The van der Waals surface area contributed by atoms with Crippen molar-refractivity contribution in [3.05, 3.63) is 34.9 Å². The molecule has 0 saturated carbocycles. The Morgan fingerprint density at radius 2 is 2.06 bits per heavy atom. The lowest BCUT2D eigenvalue weighted by Crippen LogP contribution is -2.17. The highest BCUT2D eigenvalue weighted by molar-refractivity contribution is 6.30. The van der Waals surface area contributed by atoms with Gasteiger partial charge in [-0.3, -0.25) is 4.79 Å². The van der Waals surface area contributed by atoms with Crippen LogP contribution in [-0.2, 0) is 16.1 Å². The normalized spacial score (nSPS) is 10.2. The number of benzene rings is 1. The summed E-state index contributed by atoms with van der Waals surface area (Å²) in [6.07, 6.45) is 1.28. The second-order valence-electron chi connectivity index (χ2n) is 3.73. The fourth-order valence-corrected chi connectivity index (χ4v) is 1.45. The Balaban J connectivity index is 2.04. The summed E-state index contributed by atoms with van der Waals surface area (Å²) >= 11 is 5.79. The third-order valence-corrected chi connectivity index (χ3v) is 2.54. The number of carbonyl (C=O) groups is 1. The highest BCUT2D eigenvalue weighted by Crippen LogP contribution is 2.08. The van der Waals surface area contributed by atoms with Crippen LogP contribution in [0.5, 0.6) is 0 Å². The molecule has 17 heavy (non-hydrogen) atoms. The van der Waals surface area contributed by atoms with Gasteiger partial charge in [-0.2, -0.15) is 0 Å². The van der Waals surface area contributed by atoms with Crippen LogP contribution in [0.4, 0.5) is 0 Å². The van der Waals surface area contributed by atoms with Crippen molar-refractivity contribution in [3.8, 4) is 0 Å². The number of ether oxygens (including phenoxy) is 1. The fraction of sp³-hybridized carbons (Fsp3) is 0.462. The van der Waals surface area contributed by atoms with Gasteiger partial charge in [0.05, 0.1) is 6.61 Å². The Kier molecular flexibility index (Phi) is 6.67. The average Bonchev–Trinajstić information content (AvgIpc) is 2.35. The summed E-state index contributed by atoms with van der Waals surface area (Å²) < 4.78 is 4.96. The first-order chi connectivity index (χ1) is 8.22. The van der Waals surface area contributed by atoms with Gasteiger partial charge in [0.25, 0.3) is 0 Å². The molecular weight excluding hydrogens is 238 g/mol. The van der Waals surface area contributed by atoms with Crippen molar-refractivity contribution in [1.29, 1.82) is 0 Å². The molecule has 0 spiro atoms. The van der Waals surface area contributed by atoms with Crippen molar-refractivity contribution < 1.29 is 9.53 Å². The van der Waals surface area contributed by atoms with E-state index in [9.17, 15) is 4.79 Å². The van der Waals surface area contributed by atoms with Gasteiger partial charge in [-0.15, -0.1) is 0 Å². The van der Waals surface area contributed by atoms with E-state index in [1.54, 1.807) is 6.92 Å². The largest absolute Gasteiger partial charge is 0.466 e. The first kappa shape index (κ1) is 14.0. The van der Waals surface area contributed by atoms with Crippen LogP contribution in [0.3, 0.4) is 0 Å². The van der Waals surface area contributed by atoms with Gasteiger partial charge in [0.2, 0.25) is 0 Å². The van der Waals surface area contributed by atoms with Crippen molar-refractivity contribution >= 4 is 17.6 Å². The van der Waals surface area contributed by atoms with Crippen LogP contribution in [0.15, 0.2) is 24.3 Å². The van der Waals surface area contributed by atoms with E-state index in [1.807, 2.05) is 24.3 Å². The van der Waals surface area contributed by atoms with Gasteiger partial charge in [0.15, 0.2) is 0 Å². The summed E-state index contributed by atoms with van der Waals surface area (Å²) in [5, 5.41) is 4.03. The Labute approximate surface area is 107 Å². The summed E-state index contributed by atoms with van der Waals surface area (Å²) in [4.78, 5) is 10.8. The minimum absolute atomic E-state index is 0.136. The number of halogens is 1. The predicted molar refractivity (Wildman–Crippen MR) is 69.0 cm³/mol. The van der Waals surface area contributed by atoms with Crippen LogP contribution in [-0.4, -0.2) is 19.1 Å². The first-order valence-electron chi connectivity index (χ1n) is 5.83. The topological polar surface area (TPSA) is 38.3 Å². The molecule has 0 radical (unpaired) electrons.